The Morgan fingerprint density at radius 3 is 2.88 bits per heavy atom. The quantitative estimate of drug-likeness (QED) is 0.846. The molecule has 0 unspecified atom stereocenters. The lowest BCUT2D eigenvalue weighted by molar-refractivity contribution is 0.00336. The summed E-state index contributed by atoms with van der Waals surface area (Å²) in [5.74, 6) is 0.279. The lowest BCUT2D eigenvalue weighted by Gasteiger charge is -2.23. The number of rotatable bonds is 7. The van der Waals surface area contributed by atoms with Crippen LogP contribution in [0.15, 0.2) is 36.7 Å². The van der Waals surface area contributed by atoms with Crippen molar-refractivity contribution in [3.05, 3.63) is 48.0 Å². The molecule has 1 aliphatic heterocycles. The molecule has 1 saturated heterocycles. The number of hydrogen-bond acceptors (Lipinski definition) is 4. The van der Waals surface area contributed by atoms with Gasteiger partial charge in [0.25, 0.3) is 0 Å². The van der Waals surface area contributed by atoms with Gasteiger partial charge >= 0.3 is 0 Å². The van der Waals surface area contributed by atoms with E-state index in [4.69, 9.17) is 4.74 Å². The molecule has 0 radical (unpaired) electrons. The maximum absolute atomic E-state index is 12.9. The van der Waals surface area contributed by atoms with Gasteiger partial charge in [0, 0.05) is 37.9 Å². The molecule has 5 nitrogen and oxygen atoms in total. The van der Waals surface area contributed by atoms with Crippen LogP contribution in [0.5, 0.6) is 5.75 Å². The van der Waals surface area contributed by atoms with Crippen LogP contribution in [0.1, 0.15) is 25.3 Å². The van der Waals surface area contributed by atoms with E-state index in [-0.39, 0.29) is 12.4 Å². The van der Waals surface area contributed by atoms with Gasteiger partial charge in [-0.15, -0.1) is 0 Å². The predicted octanol–water partition coefficient (Wildman–Crippen LogP) is 2.45. The number of aryl methyl sites for hydroxylation is 1. The first kappa shape index (κ1) is 16.9. The van der Waals surface area contributed by atoms with Gasteiger partial charge in [0.1, 0.15) is 23.8 Å². The highest BCUT2D eigenvalue weighted by atomic mass is 19.1. The minimum atomic E-state index is -0.867. The van der Waals surface area contributed by atoms with E-state index in [1.165, 1.54) is 12.1 Å². The third kappa shape index (κ3) is 4.33. The molecule has 2 heterocycles. The van der Waals surface area contributed by atoms with Crippen molar-refractivity contribution in [3.63, 3.8) is 0 Å². The first-order chi connectivity index (χ1) is 11.6. The number of benzene rings is 1. The molecule has 130 valence electrons. The molecule has 1 aromatic heterocycles. The van der Waals surface area contributed by atoms with Crippen molar-refractivity contribution < 1.29 is 14.2 Å². The van der Waals surface area contributed by atoms with Gasteiger partial charge in [0.15, 0.2) is 0 Å². The molecule has 0 spiro atoms. The van der Waals surface area contributed by atoms with Gasteiger partial charge in [0.05, 0.1) is 6.20 Å². The number of hydrogen-bond donors (Lipinski definition) is 1. The summed E-state index contributed by atoms with van der Waals surface area (Å²) < 4.78 is 20.5. The molecule has 0 saturated carbocycles. The topological polar surface area (TPSA) is 50.5 Å². The van der Waals surface area contributed by atoms with Crippen LogP contribution in [0.2, 0.25) is 0 Å². The summed E-state index contributed by atoms with van der Waals surface area (Å²) in [6, 6.07) is 5.86. The molecule has 0 aliphatic carbocycles. The summed E-state index contributed by atoms with van der Waals surface area (Å²) in [6.07, 6.45) is 5.68. The summed E-state index contributed by atoms with van der Waals surface area (Å²) >= 11 is 0. The lowest BCUT2D eigenvalue weighted by Crippen LogP contribution is -2.39. The van der Waals surface area contributed by atoms with Gasteiger partial charge in [-0.2, -0.15) is 5.10 Å². The zero-order valence-corrected chi connectivity index (χ0v) is 14.0. The molecule has 0 bridgehead atoms. The van der Waals surface area contributed by atoms with Crippen molar-refractivity contribution in [2.45, 2.75) is 38.5 Å². The summed E-state index contributed by atoms with van der Waals surface area (Å²) in [5.41, 5.74) is 0.292. The van der Waals surface area contributed by atoms with Crippen LogP contribution in [0.4, 0.5) is 4.39 Å². The molecule has 0 amide bonds. The monoisotopic (exact) mass is 333 g/mol. The minimum absolute atomic E-state index is 0.213. The Hall–Kier alpha value is -1.92. The van der Waals surface area contributed by atoms with Crippen molar-refractivity contribution in [2.24, 2.45) is 0 Å². The molecule has 1 atom stereocenters. The smallest absolute Gasteiger partial charge is 0.123 e. The maximum atomic E-state index is 12.9. The molecule has 1 N–H and O–H groups in total. The van der Waals surface area contributed by atoms with E-state index in [1.807, 2.05) is 10.9 Å². The summed E-state index contributed by atoms with van der Waals surface area (Å²) in [7, 11) is 0. The van der Waals surface area contributed by atoms with Gasteiger partial charge in [0.2, 0.25) is 0 Å². The molecule has 3 rings (SSSR count). The molecule has 2 aromatic rings. The number of nitrogens with zero attached hydrogens (tertiary/aromatic N) is 3. The summed E-state index contributed by atoms with van der Waals surface area (Å²) in [6.45, 7) is 5.43. The molecule has 6 heteroatoms. The van der Waals surface area contributed by atoms with E-state index in [2.05, 4.69) is 23.1 Å². The second-order valence-electron chi connectivity index (χ2n) is 6.54. The van der Waals surface area contributed by atoms with Crippen molar-refractivity contribution >= 4 is 0 Å². The highest BCUT2D eigenvalue weighted by molar-refractivity contribution is 5.22. The van der Waals surface area contributed by atoms with E-state index < -0.39 is 5.60 Å². The number of likely N-dealkylation sites (tertiary alicyclic amines) is 1. The zero-order valence-electron chi connectivity index (χ0n) is 14.0. The van der Waals surface area contributed by atoms with Crippen LogP contribution in [-0.4, -0.2) is 45.1 Å². The van der Waals surface area contributed by atoms with Gasteiger partial charge in [-0.05, 0) is 37.1 Å². The van der Waals surface area contributed by atoms with Gasteiger partial charge < -0.3 is 9.84 Å². The second-order valence-corrected chi connectivity index (χ2v) is 6.54. The van der Waals surface area contributed by atoms with E-state index in [1.54, 1.807) is 12.1 Å². The van der Waals surface area contributed by atoms with Crippen molar-refractivity contribution in [1.82, 2.24) is 14.7 Å². The number of halogens is 1. The first-order valence-electron chi connectivity index (χ1n) is 8.41. The normalized spacial score (nSPS) is 21.3. The standard InChI is InChI=1S/C18H24FN3O2/c1-2-8-22-12-15(10-20-22)11-21-9-7-18(23,13-21)14-24-17-5-3-16(19)4-6-17/h3-6,10,12,23H,2,7-9,11,13-14H2,1H3/t18-/m1/s1. The second kappa shape index (κ2) is 7.32. The van der Waals surface area contributed by atoms with Crippen LogP contribution in [0.3, 0.4) is 0 Å². The predicted molar refractivity (Wildman–Crippen MR) is 89.3 cm³/mol. The van der Waals surface area contributed by atoms with Crippen molar-refractivity contribution in [1.29, 1.82) is 0 Å². The van der Waals surface area contributed by atoms with Crippen molar-refractivity contribution in [3.8, 4) is 5.75 Å². The van der Waals surface area contributed by atoms with Crippen LogP contribution in [-0.2, 0) is 13.1 Å². The van der Waals surface area contributed by atoms with Crippen LogP contribution in [0.25, 0.3) is 0 Å². The Labute approximate surface area is 141 Å². The Morgan fingerprint density at radius 1 is 1.33 bits per heavy atom. The molecular formula is C18H24FN3O2. The molecular weight excluding hydrogens is 309 g/mol. The Morgan fingerprint density at radius 2 is 2.12 bits per heavy atom. The number of ether oxygens (including phenoxy) is 1. The van der Waals surface area contributed by atoms with Gasteiger partial charge in [-0.25, -0.2) is 4.39 Å². The molecule has 1 aliphatic rings. The fraction of sp³-hybridized carbons (Fsp3) is 0.500. The summed E-state index contributed by atoms with van der Waals surface area (Å²) in [5, 5.41) is 15.0. The number of β-amino-alcohol motifs (C(OH)–C–C–N with tert-alkyl or cyclic N) is 1. The van der Waals surface area contributed by atoms with E-state index in [0.717, 1.165) is 31.6 Å². The third-order valence-electron chi connectivity index (χ3n) is 4.28. The third-order valence-corrected chi connectivity index (χ3v) is 4.28. The Bertz CT molecular complexity index is 659. The SMILES string of the molecule is CCCn1cc(CN2CC[C@](O)(COc3ccc(F)cc3)C2)cn1. The molecule has 1 aromatic carbocycles. The van der Waals surface area contributed by atoms with Crippen molar-refractivity contribution in [2.75, 3.05) is 19.7 Å². The highest BCUT2D eigenvalue weighted by Crippen LogP contribution is 2.24. The minimum Gasteiger partial charge on any atom is -0.491 e. The summed E-state index contributed by atoms with van der Waals surface area (Å²) in [4.78, 5) is 2.21. The number of aromatic nitrogens is 2. The van der Waals surface area contributed by atoms with Crippen LogP contribution < -0.4 is 4.74 Å². The Balaban J connectivity index is 1.50. The van der Waals surface area contributed by atoms with E-state index in [0.29, 0.717) is 18.7 Å². The molecule has 24 heavy (non-hydrogen) atoms. The van der Waals surface area contributed by atoms with Gasteiger partial charge in [-0.1, -0.05) is 6.92 Å². The molecule has 1 fully saturated rings. The average Bonchev–Trinajstić information content (AvgIpc) is 3.15. The number of aliphatic hydroxyl groups is 1. The van der Waals surface area contributed by atoms with Crippen LogP contribution in [0, 0.1) is 5.82 Å². The Kier molecular flexibility index (Phi) is 5.16. The average molecular weight is 333 g/mol. The first-order valence-corrected chi connectivity index (χ1v) is 8.41. The zero-order chi connectivity index (χ0) is 17.0. The fourth-order valence-corrected chi connectivity index (χ4v) is 3.04. The van der Waals surface area contributed by atoms with E-state index >= 15 is 0 Å². The van der Waals surface area contributed by atoms with Crippen LogP contribution >= 0.6 is 0 Å². The highest BCUT2D eigenvalue weighted by Gasteiger charge is 2.36. The van der Waals surface area contributed by atoms with Gasteiger partial charge in [-0.3, -0.25) is 9.58 Å². The largest absolute Gasteiger partial charge is 0.491 e. The maximum Gasteiger partial charge on any atom is 0.123 e. The fourth-order valence-electron chi connectivity index (χ4n) is 3.04. The lowest BCUT2D eigenvalue weighted by atomic mass is 10.1. The van der Waals surface area contributed by atoms with E-state index in [9.17, 15) is 9.50 Å².